The summed E-state index contributed by atoms with van der Waals surface area (Å²) in [6.07, 6.45) is -4.72. The molecule has 2 amide bonds. The molecule has 11 heteroatoms. The third kappa shape index (κ3) is 4.65. The van der Waals surface area contributed by atoms with Gasteiger partial charge in [0.15, 0.2) is 0 Å². The van der Waals surface area contributed by atoms with Crippen LogP contribution in [0.1, 0.15) is 39.0 Å². The Morgan fingerprint density at radius 3 is 2.40 bits per heavy atom. The zero-order chi connectivity index (χ0) is 22.8. The van der Waals surface area contributed by atoms with Gasteiger partial charge in [-0.15, -0.1) is 0 Å². The molecular formula is C19H16F4N4O3. The number of rotatable bonds is 5. The lowest BCUT2D eigenvalue weighted by molar-refractivity contribution is -0.156. The number of aromatic nitrogens is 1. The van der Waals surface area contributed by atoms with Crippen LogP contribution in [0.3, 0.4) is 0 Å². The van der Waals surface area contributed by atoms with Crippen molar-refractivity contribution in [1.29, 1.82) is 5.26 Å². The fourth-order valence-electron chi connectivity index (χ4n) is 2.50. The molecule has 7 nitrogen and oxygen atoms in total. The van der Waals surface area contributed by atoms with Gasteiger partial charge in [-0.1, -0.05) is 0 Å². The SMILES string of the molecule is Cc1c(C(=O)C(=O)NC(C)C(F)(F)F)cc(C(=O)Nc2ccc(F)c(C#N)c2)n1C. The average molecular weight is 424 g/mol. The Morgan fingerprint density at radius 1 is 1.20 bits per heavy atom. The second-order valence-electron chi connectivity index (χ2n) is 6.41. The van der Waals surface area contributed by atoms with Crippen molar-refractivity contribution < 1.29 is 31.9 Å². The first-order valence-electron chi connectivity index (χ1n) is 8.46. The fourth-order valence-corrected chi connectivity index (χ4v) is 2.50. The third-order valence-electron chi connectivity index (χ3n) is 4.40. The summed E-state index contributed by atoms with van der Waals surface area (Å²) in [6, 6.07) is 3.79. The maximum absolute atomic E-state index is 13.4. The van der Waals surface area contributed by atoms with Crippen LogP contribution in [0, 0.1) is 24.1 Å². The molecule has 0 spiro atoms. The van der Waals surface area contributed by atoms with Crippen molar-refractivity contribution in [3.8, 4) is 6.07 Å². The predicted molar refractivity (Wildman–Crippen MR) is 97.2 cm³/mol. The van der Waals surface area contributed by atoms with Gasteiger partial charge in [0, 0.05) is 24.0 Å². The van der Waals surface area contributed by atoms with Crippen LogP contribution in [0.2, 0.25) is 0 Å². The Hall–Kier alpha value is -3.68. The smallest absolute Gasteiger partial charge is 0.343 e. The number of hydrogen-bond acceptors (Lipinski definition) is 4. The number of carbonyl (C=O) groups is 3. The van der Waals surface area contributed by atoms with Gasteiger partial charge in [-0.3, -0.25) is 14.4 Å². The van der Waals surface area contributed by atoms with Gasteiger partial charge in [0.05, 0.1) is 5.56 Å². The lowest BCUT2D eigenvalue weighted by atomic mass is 10.1. The summed E-state index contributed by atoms with van der Waals surface area (Å²) in [6.45, 7) is 2.11. The summed E-state index contributed by atoms with van der Waals surface area (Å²) in [4.78, 5) is 36.7. The van der Waals surface area contributed by atoms with Crippen LogP contribution in [0.5, 0.6) is 0 Å². The molecule has 1 aromatic carbocycles. The van der Waals surface area contributed by atoms with E-state index < -0.39 is 35.6 Å². The number of ketones is 1. The average Bonchev–Trinajstić information content (AvgIpc) is 2.97. The van der Waals surface area contributed by atoms with E-state index in [1.165, 1.54) is 24.6 Å². The van der Waals surface area contributed by atoms with Crippen molar-refractivity contribution in [3.05, 3.63) is 52.6 Å². The van der Waals surface area contributed by atoms with E-state index in [4.69, 9.17) is 5.26 Å². The number of halogens is 4. The maximum Gasteiger partial charge on any atom is 0.408 e. The Morgan fingerprint density at radius 2 is 1.83 bits per heavy atom. The Bertz CT molecular complexity index is 1070. The maximum atomic E-state index is 13.4. The minimum Gasteiger partial charge on any atom is -0.343 e. The predicted octanol–water partition coefficient (Wildman–Crippen LogP) is 2.85. The van der Waals surface area contributed by atoms with Gasteiger partial charge in [0.1, 0.15) is 23.6 Å². The van der Waals surface area contributed by atoms with Crippen molar-refractivity contribution in [3.63, 3.8) is 0 Å². The lowest BCUT2D eigenvalue weighted by Crippen LogP contribution is -2.45. The van der Waals surface area contributed by atoms with Gasteiger partial charge < -0.3 is 15.2 Å². The Kier molecular flexibility index (Phi) is 6.30. The van der Waals surface area contributed by atoms with Crippen molar-refractivity contribution in [2.45, 2.75) is 26.1 Å². The minimum atomic E-state index is -4.72. The molecule has 0 saturated heterocycles. The molecule has 1 unspecified atom stereocenters. The highest BCUT2D eigenvalue weighted by Gasteiger charge is 2.38. The molecule has 1 heterocycles. The summed E-state index contributed by atoms with van der Waals surface area (Å²) in [5.74, 6) is -4.19. The molecule has 0 aliphatic heterocycles. The molecule has 0 fully saturated rings. The number of hydrogen-bond donors (Lipinski definition) is 2. The molecule has 0 saturated carbocycles. The van der Waals surface area contributed by atoms with Crippen molar-refractivity contribution in [1.82, 2.24) is 9.88 Å². The number of nitriles is 1. The molecule has 0 bridgehead atoms. The van der Waals surface area contributed by atoms with Gasteiger partial charge in [0.2, 0.25) is 0 Å². The number of benzene rings is 1. The molecule has 2 N–H and O–H groups in total. The second kappa shape index (κ2) is 8.36. The van der Waals surface area contributed by atoms with Crippen LogP contribution in [0.25, 0.3) is 0 Å². The zero-order valence-corrected chi connectivity index (χ0v) is 16.0. The largest absolute Gasteiger partial charge is 0.408 e. The quantitative estimate of drug-likeness (QED) is 0.438. The highest BCUT2D eigenvalue weighted by atomic mass is 19.4. The fraction of sp³-hybridized carbons (Fsp3) is 0.263. The molecule has 2 aromatic rings. The molecule has 30 heavy (non-hydrogen) atoms. The van der Waals surface area contributed by atoms with Crippen LogP contribution in [-0.4, -0.2) is 34.4 Å². The minimum absolute atomic E-state index is 0.0737. The van der Waals surface area contributed by atoms with E-state index in [0.717, 1.165) is 18.2 Å². The van der Waals surface area contributed by atoms with E-state index in [2.05, 4.69) is 5.32 Å². The summed E-state index contributed by atoms with van der Waals surface area (Å²) >= 11 is 0. The summed E-state index contributed by atoms with van der Waals surface area (Å²) in [5, 5.41) is 12.8. The number of amides is 2. The standard InChI is InChI=1S/C19H16F4N4O3/c1-9-13(16(28)18(30)25-10(2)19(21,22)23)7-15(27(9)3)17(29)26-12-4-5-14(20)11(6-12)8-24/h4-7,10H,1-3H3,(H,25,30)(H,26,29). The first-order chi connectivity index (χ1) is 13.9. The summed E-state index contributed by atoms with van der Waals surface area (Å²) in [5.41, 5.74) is -0.318. The first-order valence-corrected chi connectivity index (χ1v) is 8.46. The van der Waals surface area contributed by atoms with E-state index in [0.29, 0.717) is 6.92 Å². The third-order valence-corrected chi connectivity index (χ3v) is 4.40. The summed E-state index contributed by atoms with van der Waals surface area (Å²) < 4.78 is 52.4. The number of carbonyl (C=O) groups excluding carboxylic acids is 3. The number of anilines is 1. The van der Waals surface area contributed by atoms with Gasteiger partial charge >= 0.3 is 6.18 Å². The van der Waals surface area contributed by atoms with Crippen molar-refractivity contribution >= 4 is 23.3 Å². The van der Waals surface area contributed by atoms with Crippen molar-refractivity contribution in [2.24, 2.45) is 7.05 Å². The number of alkyl halides is 3. The molecule has 0 radical (unpaired) electrons. The second-order valence-corrected chi connectivity index (χ2v) is 6.41. The van der Waals surface area contributed by atoms with E-state index >= 15 is 0 Å². The van der Waals surface area contributed by atoms with Gasteiger partial charge in [-0.25, -0.2) is 4.39 Å². The highest BCUT2D eigenvalue weighted by molar-refractivity contribution is 6.43. The molecule has 0 aliphatic rings. The Labute approximate surface area is 168 Å². The molecule has 2 rings (SSSR count). The van der Waals surface area contributed by atoms with Gasteiger partial charge in [-0.2, -0.15) is 18.4 Å². The molecule has 0 aliphatic carbocycles. The zero-order valence-electron chi connectivity index (χ0n) is 16.0. The van der Waals surface area contributed by atoms with Crippen molar-refractivity contribution in [2.75, 3.05) is 5.32 Å². The normalized spacial score (nSPS) is 12.1. The molecule has 158 valence electrons. The number of nitrogens with one attached hydrogen (secondary N) is 2. The molecular weight excluding hydrogens is 408 g/mol. The van der Waals surface area contributed by atoms with E-state index in [1.807, 2.05) is 0 Å². The van der Waals surface area contributed by atoms with Crippen LogP contribution in [-0.2, 0) is 11.8 Å². The number of nitrogens with zero attached hydrogens (tertiary/aromatic N) is 2. The van der Waals surface area contributed by atoms with Gasteiger partial charge in [-0.05, 0) is 38.1 Å². The summed E-state index contributed by atoms with van der Waals surface area (Å²) in [7, 11) is 1.42. The van der Waals surface area contributed by atoms with Crippen LogP contribution < -0.4 is 10.6 Å². The van der Waals surface area contributed by atoms with Gasteiger partial charge in [0.25, 0.3) is 17.6 Å². The molecule has 1 aromatic heterocycles. The number of Topliss-reactive ketones (excluding diaryl/α,β-unsaturated/α-hetero) is 1. The van der Waals surface area contributed by atoms with Crippen LogP contribution >= 0.6 is 0 Å². The Balaban J connectivity index is 2.26. The lowest BCUT2D eigenvalue weighted by Gasteiger charge is -2.16. The molecule has 1 atom stereocenters. The highest BCUT2D eigenvalue weighted by Crippen LogP contribution is 2.21. The first kappa shape index (κ1) is 22.6. The van der Waals surface area contributed by atoms with Crippen LogP contribution in [0.4, 0.5) is 23.2 Å². The monoisotopic (exact) mass is 424 g/mol. The van der Waals surface area contributed by atoms with E-state index in [9.17, 15) is 31.9 Å². The van der Waals surface area contributed by atoms with E-state index in [1.54, 1.807) is 11.4 Å². The van der Waals surface area contributed by atoms with Crippen LogP contribution in [0.15, 0.2) is 24.3 Å². The topological polar surface area (TPSA) is 104 Å². The van der Waals surface area contributed by atoms with E-state index in [-0.39, 0.29) is 28.2 Å².